The SMILES string of the molecule is CC.Fc1c(-c2cccc3cccc(Cl)c23)ncc2c(N3CC4CCC(C3)N4)nc(OCc3ccc(SCl)cc3)nc12. The molecule has 2 aliphatic rings. The number of anilines is 1. The van der Waals surface area contributed by atoms with E-state index in [1.54, 1.807) is 12.3 Å². The largest absolute Gasteiger partial charge is 0.459 e. The summed E-state index contributed by atoms with van der Waals surface area (Å²) in [5.41, 5.74) is 1.91. The van der Waals surface area contributed by atoms with Gasteiger partial charge in [-0.3, -0.25) is 4.98 Å². The molecule has 3 aromatic carbocycles. The molecule has 5 aromatic rings. The van der Waals surface area contributed by atoms with E-state index in [0.717, 1.165) is 58.1 Å². The number of rotatable bonds is 6. The molecule has 2 bridgehead atoms. The topological polar surface area (TPSA) is 63.2 Å². The minimum absolute atomic E-state index is 0.121. The normalized spacial score (nSPS) is 17.8. The predicted molar refractivity (Wildman–Crippen MR) is 171 cm³/mol. The monoisotopic (exact) mass is 621 g/mol. The highest BCUT2D eigenvalue weighted by Crippen LogP contribution is 2.38. The maximum Gasteiger partial charge on any atom is 0.319 e. The number of benzene rings is 3. The average Bonchev–Trinajstić information content (AvgIpc) is 3.38. The molecule has 4 heterocycles. The molecule has 42 heavy (non-hydrogen) atoms. The lowest BCUT2D eigenvalue weighted by molar-refractivity contribution is 0.281. The van der Waals surface area contributed by atoms with E-state index in [9.17, 15) is 0 Å². The molecule has 0 radical (unpaired) electrons. The first kappa shape index (κ1) is 28.9. The molecule has 0 amide bonds. The summed E-state index contributed by atoms with van der Waals surface area (Å²) in [4.78, 5) is 17.1. The Hall–Kier alpha value is -3.17. The maximum absolute atomic E-state index is 16.5. The number of piperazine rings is 1. The molecular formula is C32H30Cl2FN5OS. The van der Waals surface area contributed by atoms with Crippen molar-refractivity contribution >= 4 is 60.8 Å². The summed E-state index contributed by atoms with van der Waals surface area (Å²) in [7, 11) is 7.00. The Labute approximate surface area is 258 Å². The third-order valence-corrected chi connectivity index (χ3v) is 8.95. The number of fused-ring (bicyclic) bond motifs is 4. The van der Waals surface area contributed by atoms with E-state index in [4.69, 9.17) is 32.0 Å². The van der Waals surface area contributed by atoms with Crippen molar-refractivity contribution in [3.8, 4) is 17.3 Å². The number of aromatic nitrogens is 3. The standard InChI is InChI=1S/C30H24Cl2FN5OS.C2H6/c31-24-6-2-4-18-3-1-5-22(25(18)24)27-26(33)28-23(13-34-27)29(38-14-19-9-10-20(15-38)35-19)37-30(36-28)39-16-17-7-11-21(40-32)12-8-17;1-2/h1-8,11-13,19-20,35H,9-10,14-16H2;1-2H3. The van der Waals surface area contributed by atoms with Crippen LogP contribution in [0.2, 0.25) is 5.02 Å². The first-order valence-electron chi connectivity index (χ1n) is 14.1. The lowest BCUT2D eigenvalue weighted by Crippen LogP contribution is -2.51. The number of ether oxygens (including phenoxy) is 1. The molecule has 0 spiro atoms. The summed E-state index contributed by atoms with van der Waals surface area (Å²) >= 11 is 6.57. The van der Waals surface area contributed by atoms with Gasteiger partial charge in [0.2, 0.25) is 0 Å². The van der Waals surface area contributed by atoms with E-state index in [1.807, 2.05) is 68.4 Å². The number of hydrogen-bond acceptors (Lipinski definition) is 7. The molecule has 0 saturated carbocycles. The summed E-state index contributed by atoms with van der Waals surface area (Å²) in [5, 5.41) is 6.40. The van der Waals surface area contributed by atoms with Gasteiger partial charge in [-0.15, -0.1) is 0 Å². The van der Waals surface area contributed by atoms with Crippen LogP contribution < -0.4 is 15.0 Å². The Kier molecular flexibility index (Phi) is 8.67. The molecule has 0 aliphatic carbocycles. The zero-order valence-corrected chi connectivity index (χ0v) is 25.6. The van der Waals surface area contributed by atoms with Gasteiger partial charge in [-0.1, -0.05) is 67.9 Å². The van der Waals surface area contributed by atoms with Gasteiger partial charge >= 0.3 is 6.01 Å². The van der Waals surface area contributed by atoms with Crippen LogP contribution >= 0.6 is 33.3 Å². The second-order valence-electron chi connectivity index (χ2n) is 10.2. The molecule has 2 unspecified atom stereocenters. The fourth-order valence-electron chi connectivity index (χ4n) is 5.76. The van der Waals surface area contributed by atoms with Gasteiger partial charge in [0.05, 0.1) is 5.39 Å². The van der Waals surface area contributed by atoms with Gasteiger partial charge in [0.1, 0.15) is 23.6 Å². The van der Waals surface area contributed by atoms with Crippen LogP contribution in [-0.2, 0) is 6.61 Å². The Bertz CT molecular complexity index is 1720. The van der Waals surface area contributed by atoms with Crippen molar-refractivity contribution in [1.82, 2.24) is 20.3 Å². The number of nitrogens with one attached hydrogen (secondary N) is 1. The molecule has 10 heteroatoms. The first-order valence-corrected chi connectivity index (χ1v) is 16.1. The molecule has 2 saturated heterocycles. The first-order chi connectivity index (χ1) is 20.6. The maximum atomic E-state index is 16.5. The van der Waals surface area contributed by atoms with Crippen molar-refractivity contribution in [2.75, 3.05) is 18.0 Å². The lowest BCUT2D eigenvalue weighted by atomic mass is 10.0. The van der Waals surface area contributed by atoms with E-state index < -0.39 is 5.82 Å². The molecule has 1 N–H and O–H groups in total. The van der Waals surface area contributed by atoms with Gasteiger partial charge in [0.15, 0.2) is 5.82 Å². The van der Waals surface area contributed by atoms with E-state index in [0.29, 0.717) is 33.9 Å². The average molecular weight is 623 g/mol. The summed E-state index contributed by atoms with van der Waals surface area (Å²) < 4.78 is 22.5. The second kappa shape index (κ2) is 12.6. The highest BCUT2D eigenvalue weighted by molar-refractivity contribution is 8.21. The van der Waals surface area contributed by atoms with Crippen LogP contribution in [-0.4, -0.2) is 40.1 Å². The van der Waals surface area contributed by atoms with E-state index in [2.05, 4.69) is 20.2 Å². The highest BCUT2D eigenvalue weighted by atomic mass is 35.7. The van der Waals surface area contributed by atoms with E-state index >= 15 is 4.39 Å². The van der Waals surface area contributed by atoms with Crippen LogP contribution in [0.15, 0.2) is 71.8 Å². The quantitative estimate of drug-likeness (QED) is 0.204. The Morgan fingerprint density at radius 3 is 2.43 bits per heavy atom. The summed E-state index contributed by atoms with van der Waals surface area (Å²) in [6, 6.07) is 19.9. The fraction of sp³-hybridized carbons (Fsp3) is 0.281. The van der Waals surface area contributed by atoms with Crippen LogP contribution in [0.3, 0.4) is 0 Å². The fourth-order valence-corrected chi connectivity index (χ4v) is 6.59. The van der Waals surface area contributed by atoms with Crippen molar-refractivity contribution in [1.29, 1.82) is 0 Å². The molecule has 2 fully saturated rings. The zero-order chi connectivity index (χ0) is 29.2. The number of halogens is 3. The summed E-state index contributed by atoms with van der Waals surface area (Å²) in [6.07, 6.45) is 3.90. The van der Waals surface area contributed by atoms with Crippen molar-refractivity contribution < 1.29 is 9.13 Å². The molecule has 2 aliphatic heterocycles. The second-order valence-corrected chi connectivity index (χ2v) is 11.7. The van der Waals surface area contributed by atoms with Crippen LogP contribution in [0, 0.1) is 5.82 Å². The third kappa shape index (κ3) is 5.61. The van der Waals surface area contributed by atoms with E-state index in [1.165, 1.54) is 0 Å². The molecule has 6 nitrogen and oxygen atoms in total. The molecular weight excluding hydrogens is 592 g/mol. The van der Waals surface area contributed by atoms with Crippen molar-refractivity contribution in [3.05, 3.63) is 83.3 Å². The Balaban J connectivity index is 0.00000155. The van der Waals surface area contributed by atoms with Crippen LogP contribution in [0.1, 0.15) is 32.3 Å². The smallest absolute Gasteiger partial charge is 0.319 e. The van der Waals surface area contributed by atoms with Crippen molar-refractivity contribution in [3.63, 3.8) is 0 Å². The van der Waals surface area contributed by atoms with E-state index in [-0.39, 0.29) is 23.8 Å². The van der Waals surface area contributed by atoms with Crippen molar-refractivity contribution in [2.45, 2.75) is 50.3 Å². The van der Waals surface area contributed by atoms with Gasteiger partial charge in [-0.25, -0.2) is 4.39 Å². The van der Waals surface area contributed by atoms with Crippen LogP contribution in [0.5, 0.6) is 6.01 Å². The van der Waals surface area contributed by atoms with Crippen LogP contribution in [0.25, 0.3) is 32.9 Å². The van der Waals surface area contributed by atoms with Gasteiger partial charge in [-0.2, -0.15) is 9.97 Å². The zero-order valence-electron chi connectivity index (χ0n) is 23.3. The van der Waals surface area contributed by atoms with Gasteiger partial charge in [0, 0.05) is 52.2 Å². The lowest BCUT2D eigenvalue weighted by Gasteiger charge is -2.34. The molecule has 2 atom stereocenters. The molecule has 2 aromatic heterocycles. The highest BCUT2D eigenvalue weighted by Gasteiger charge is 2.34. The van der Waals surface area contributed by atoms with Crippen molar-refractivity contribution in [2.24, 2.45) is 0 Å². The van der Waals surface area contributed by atoms with Gasteiger partial charge in [-0.05, 0) is 63.6 Å². The minimum atomic E-state index is -0.528. The number of nitrogens with zero attached hydrogens (tertiary/aromatic N) is 4. The number of pyridine rings is 1. The molecule has 216 valence electrons. The third-order valence-electron chi connectivity index (χ3n) is 7.65. The number of hydrogen-bond donors (Lipinski definition) is 1. The summed E-state index contributed by atoms with van der Waals surface area (Å²) in [6.45, 7) is 5.80. The predicted octanol–water partition coefficient (Wildman–Crippen LogP) is 8.43. The van der Waals surface area contributed by atoms with Crippen LogP contribution in [0.4, 0.5) is 10.2 Å². The Morgan fingerprint density at radius 1 is 1.00 bits per heavy atom. The molecule has 7 rings (SSSR count). The van der Waals surface area contributed by atoms with Gasteiger partial charge in [0.25, 0.3) is 0 Å². The minimum Gasteiger partial charge on any atom is -0.459 e. The van der Waals surface area contributed by atoms with Gasteiger partial charge < -0.3 is 15.0 Å². The summed E-state index contributed by atoms with van der Waals surface area (Å²) in [5.74, 6) is 0.112. The Morgan fingerprint density at radius 2 is 1.71 bits per heavy atom.